The molecule has 0 aromatic carbocycles. The van der Waals surface area contributed by atoms with Crippen LogP contribution in [-0.4, -0.2) is 26.0 Å². The Morgan fingerprint density at radius 3 is 3.08 bits per heavy atom. The number of anilines is 1. The second kappa shape index (κ2) is 2.84. The third-order valence-electron chi connectivity index (χ3n) is 1.91. The molecule has 7 heteroatoms. The van der Waals surface area contributed by atoms with Crippen molar-refractivity contribution < 1.29 is 0 Å². The van der Waals surface area contributed by atoms with Gasteiger partial charge in [-0.2, -0.15) is 4.68 Å². The Bertz CT molecular complexity index is 406. The molecule has 1 aromatic heterocycles. The molecule has 0 fully saturated rings. The first kappa shape index (κ1) is 8.24. The maximum atomic E-state index is 11.5. The van der Waals surface area contributed by atoms with E-state index >= 15 is 0 Å². The molecular weight excluding hydrogens is 190 g/mol. The van der Waals surface area contributed by atoms with Crippen molar-refractivity contribution in [1.29, 1.82) is 0 Å². The molecule has 2 heterocycles. The average Bonchev–Trinajstić information content (AvgIpc) is 2.45. The zero-order valence-corrected chi connectivity index (χ0v) is 7.67. The molecule has 3 N–H and O–H groups in total. The first-order chi connectivity index (χ1) is 6.20. The summed E-state index contributed by atoms with van der Waals surface area (Å²) in [7, 11) is 0. The first-order valence-corrected chi connectivity index (χ1v) is 4.34. The van der Waals surface area contributed by atoms with Crippen LogP contribution in [0.2, 0.25) is 0 Å². The van der Waals surface area contributed by atoms with Gasteiger partial charge in [-0.3, -0.25) is 4.57 Å². The van der Waals surface area contributed by atoms with Crippen molar-refractivity contribution in [3.8, 4) is 0 Å². The Kier molecular flexibility index (Phi) is 1.80. The van der Waals surface area contributed by atoms with Crippen LogP contribution in [0.3, 0.4) is 0 Å². The smallest absolute Gasteiger partial charge is 0.354 e. The molecule has 13 heavy (non-hydrogen) atoms. The normalized spacial score (nSPS) is 14.8. The lowest BCUT2D eigenvalue weighted by Gasteiger charge is -2.12. The number of rotatable bonds is 0. The molecular formula is C6H9N5OS. The van der Waals surface area contributed by atoms with Crippen molar-refractivity contribution in [2.24, 2.45) is 5.73 Å². The van der Waals surface area contributed by atoms with E-state index in [-0.39, 0.29) is 10.8 Å². The Hall–Kier alpha value is -1.37. The second-order valence-corrected chi connectivity index (χ2v) is 3.21. The van der Waals surface area contributed by atoms with Gasteiger partial charge in [0.2, 0.25) is 5.95 Å². The predicted octanol–water partition coefficient (Wildman–Crippen LogP) is -1.05. The topological polar surface area (TPSA) is 77.9 Å². The number of hydrogen-bond donors (Lipinski definition) is 2. The molecule has 0 spiro atoms. The lowest BCUT2D eigenvalue weighted by atomic mass is 10.4. The van der Waals surface area contributed by atoms with Crippen molar-refractivity contribution in [1.82, 2.24) is 14.3 Å². The summed E-state index contributed by atoms with van der Waals surface area (Å²) in [4.78, 5) is 11.5. The highest BCUT2D eigenvalue weighted by Gasteiger charge is 2.16. The summed E-state index contributed by atoms with van der Waals surface area (Å²) in [6.45, 7) is 1.50. The van der Waals surface area contributed by atoms with Crippen LogP contribution in [0.15, 0.2) is 4.79 Å². The van der Waals surface area contributed by atoms with E-state index in [1.165, 1.54) is 4.57 Å². The summed E-state index contributed by atoms with van der Waals surface area (Å²) in [5.74, 6) is 0.545. The third kappa shape index (κ3) is 1.21. The Morgan fingerprint density at radius 2 is 2.46 bits per heavy atom. The van der Waals surface area contributed by atoms with Crippen LogP contribution in [0.4, 0.5) is 5.95 Å². The highest BCUT2D eigenvalue weighted by molar-refractivity contribution is 7.80. The van der Waals surface area contributed by atoms with E-state index in [1.54, 1.807) is 0 Å². The minimum atomic E-state index is -0.269. The molecule has 0 unspecified atom stereocenters. The molecule has 2 rings (SSSR count). The number of thiocarbonyl (C=S) groups is 1. The van der Waals surface area contributed by atoms with Gasteiger partial charge in [0.1, 0.15) is 0 Å². The van der Waals surface area contributed by atoms with E-state index < -0.39 is 0 Å². The number of aromatic nitrogens is 3. The van der Waals surface area contributed by atoms with Gasteiger partial charge in [0.15, 0.2) is 5.11 Å². The van der Waals surface area contributed by atoms with Crippen LogP contribution in [0.5, 0.6) is 0 Å². The summed E-state index contributed by atoms with van der Waals surface area (Å²) in [5.41, 5.74) is 5.05. The van der Waals surface area contributed by atoms with Gasteiger partial charge in [-0.15, -0.1) is 5.10 Å². The van der Waals surface area contributed by atoms with Gasteiger partial charge >= 0.3 is 5.69 Å². The fourth-order valence-electron chi connectivity index (χ4n) is 1.31. The number of fused-ring (bicyclic) bond motifs is 1. The predicted molar refractivity (Wildman–Crippen MR) is 51.8 cm³/mol. The Balaban J connectivity index is 2.57. The zero-order chi connectivity index (χ0) is 9.42. The van der Waals surface area contributed by atoms with E-state index in [2.05, 4.69) is 22.6 Å². The van der Waals surface area contributed by atoms with Gasteiger partial charge in [0, 0.05) is 13.1 Å². The van der Waals surface area contributed by atoms with Crippen molar-refractivity contribution >= 4 is 23.3 Å². The molecule has 0 saturated heterocycles. The van der Waals surface area contributed by atoms with Gasteiger partial charge in [-0.1, -0.05) is 0 Å². The standard InChI is InChI=1S/C6H9N5OS/c7-4(13)11-6(12)10-3-1-2-8-5(10)9-11/h1-3H2,(H2,7,13)(H,8,9). The van der Waals surface area contributed by atoms with E-state index in [0.29, 0.717) is 12.5 Å². The molecule has 1 aliphatic rings. The van der Waals surface area contributed by atoms with Crippen molar-refractivity contribution in [3.63, 3.8) is 0 Å². The van der Waals surface area contributed by atoms with E-state index in [1.807, 2.05) is 0 Å². The van der Waals surface area contributed by atoms with E-state index in [4.69, 9.17) is 5.73 Å². The molecule has 1 aromatic rings. The van der Waals surface area contributed by atoms with Gasteiger partial charge in [-0.05, 0) is 18.6 Å². The van der Waals surface area contributed by atoms with Crippen LogP contribution in [0, 0.1) is 0 Å². The fraction of sp³-hybridized carbons (Fsp3) is 0.500. The summed E-state index contributed by atoms with van der Waals surface area (Å²) in [6.07, 6.45) is 0.913. The van der Waals surface area contributed by atoms with Crippen molar-refractivity contribution in [3.05, 3.63) is 10.5 Å². The summed E-state index contributed by atoms with van der Waals surface area (Å²) >= 11 is 4.68. The lowest BCUT2D eigenvalue weighted by molar-refractivity contribution is 0.608. The lowest BCUT2D eigenvalue weighted by Crippen LogP contribution is -2.34. The maximum absolute atomic E-state index is 11.5. The summed E-state index contributed by atoms with van der Waals surface area (Å²) < 4.78 is 2.56. The average molecular weight is 199 g/mol. The Morgan fingerprint density at radius 1 is 1.69 bits per heavy atom. The highest BCUT2D eigenvalue weighted by atomic mass is 32.1. The van der Waals surface area contributed by atoms with Crippen LogP contribution in [0.1, 0.15) is 6.42 Å². The number of nitrogens with zero attached hydrogens (tertiary/aromatic N) is 3. The van der Waals surface area contributed by atoms with E-state index in [0.717, 1.165) is 17.6 Å². The molecule has 0 bridgehead atoms. The van der Waals surface area contributed by atoms with Crippen LogP contribution >= 0.6 is 12.2 Å². The first-order valence-electron chi connectivity index (χ1n) is 3.93. The summed E-state index contributed by atoms with van der Waals surface area (Å²) in [5, 5.41) is 6.91. The molecule has 0 amide bonds. The van der Waals surface area contributed by atoms with Gasteiger partial charge in [-0.25, -0.2) is 4.79 Å². The molecule has 0 atom stereocenters. The van der Waals surface area contributed by atoms with Crippen LogP contribution in [-0.2, 0) is 6.54 Å². The molecule has 6 nitrogen and oxygen atoms in total. The number of hydrogen-bond acceptors (Lipinski definition) is 4. The third-order valence-corrected chi connectivity index (χ3v) is 2.09. The largest absolute Gasteiger partial charge is 0.374 e. The monoisotopic (exact) mass is 199 g/mol. The van der Waals surface area contributed by atoms with Gasteiger partial charge in [0.05, 0.1) is 0 Å². The minimum Gasteiger partial charge on any atom is -0.374 e. The molecule has 0 aliphatic carbocycles. The molecule has 1 aliphatic heterocycles. The van der Waals surface area contributed by atoms with Crippen LogP contribution in [0.25, 0.3) is 0 Å². The molecule has 0 radical (unpaired) electrons. The SMILES string of the molecule is NC(=S)n1nc2n(c1=O)CCCN2. The van der Waals surface area contributed by atoms with Crippen molar-refractivity contribution in [2.75, 3.05) is 11.9 Å². The second-order valence-electron chi connectivity index (χ2n) is 2.79. The number of nitrogens with two attached hydrogens (primary N) is 1. The van der Waals surface area contributed by atoms with Crippen molar-refractivity contribution in [2.45, 2.75) is 13.0 Å². The van der Waals surface area contributed by atoms with E-state index in [9.17, 15) is 4.79 Å². The molecule has 70 valence electrons. The minimum absolute atomic E-state index is 0.0197. The summed E-state index contributed by atoms with van der Waals surface area (Å²) in [6, 6.07) is 0. The Labute approximate surface area is 79.3 Å². The highest BCUT2D eigenvalue weighted by Crippen LogP contribution is 2.06. The molecule has 0 saturated carbocycles. The van der Waals surface area contributed by atoms with Gasteiger partial charge < -0.3 is 11.1 Å². The van der Waals surface area contributed by atoms with Gasteiger partial charge in [0.25, 0.3) is 0 Å². The quantitative estimate of drug-likeness (QED) is 0.521. The fourth-order valence-corrected chi connectivity index (χ4v) is 1.43. The van der Waals surface area contributed by atoms with Crippen LogP contribution < -0.4 is 16.7 Å². The maximum Gasteiger partial charge on any atom is 0.354 e. The number of nitrogens with one attached hydrogen (secondary N) is 1. The zero-order valence-electron chi connectivity index (χ0n) is 6.86.